The van der Waals surface area contributed by atoms with Crippen molar-refractivity contribution in [1.82, 2.24) is 0 Å². The molecule has 0 bridgehead atoms. The van der Waals surface area contributed by atoms with Gasteiger partial charge >= 0.3 is 0 Å². The molecule has 0 fully saturated rings. The van der Waals surface area contributed by atoms with E-state index in [0.29, 0.717) is 22.3 Å². The van der Waals surface area contributed by atoms with E-state index in [1.165, 1.54) is 21.5 Å². The normalized spacial score (nSPS) is 12.2. The molecule has 0 saturated heterocycles. The van der Waals surface area contributed by atoms with E-state index in [1.54, 1.807) is 48.5 Å². The van der Waals surface area contributed by atoms with Crippen molar-refractivity contribution in [3.05, 3.63) is 128 Å². The van der Waals surface area contributed by atoms with Gasteiger partial charge in [-0.1, -0.05) is 78.9 Å². The van der Waals surface area contributed by atoms with Gasteiger partial charge in [0.1, 0.15) is 0 Å². The van der Waals surface area contributed by atoms with Crippen LogP contribution in [0.15, 0.2) is 106 Å². The Labute approximate surface area is 202 Å². The Hall–Kier alpha value is -3.08. The van der Waals surface area contributed by atoms with Crippen molar-refractivity contribution >= 4 is 65.0 Å². The first-order valence-electron chi connectivity index (χ1n) is 10.1. The second-order valence-electron chi connectivity index (χ2n) is 7.53. The summed E-state index contributed by atoms with van der Waals surface area (Å²) >= 11 is 7.15. The van der Waals surface area contributed by atoms with Gasteiger partial charge in [-0.15, -0.1) is 0 Å². The molecule has 0 N–H and O–H groups in total. The average Bonchev–Trinajstić information content (AvgIpc) is 2.84. The summed E-state index contributed by atoms with van der Waals surface area (Å²) in [6.07, 6.45) is 0. The second kappa shape index (κ2) is 8.45. The number of benzene rings is 5. The number of carbonyl (C=O) groups is 2. The molecule has 0 amide bonds. The lowest BCUT2D eigenvalue weighted by atomic mass is 9.84. The average molecular weight is 544 g/mol. The minimum atomic E-state index is -0.0641. The van der Waals surface area contributed by atoms with Crippen molar-refractivity contribution < 1.29 is 9.59 Å². The maximum atomic E-state index is 12.1. The Balaban J connectivity index is 0.000000135. The van der Waals surface area contributed by atoms with Crippen LogP contribution in [0.5, 0.6) is 0 Å². The number of hydrogen-bond donors (Lipinski definition) is 0. The molecule has 0 heterocycles. The van der Waals surface area contributed by atoms with E-state index in [9.17, 15) is 9.59 Å². The molecule has 0 radical (unpaired) electrons. The number of ketones is 2. The lowest BCUT2D eigenvalue weighted by Gasteiger charge is -2.16. The van der Waals surface area contributed by atoms with E-state index in [-0.39, 0.29) is 11.6 Å². The first kappa shape index (κ1) is 20.8. The highest BCUT2D eigenvalue weighted by Gasteiger charge is 2.28. The van der Waals surface area contributed by atoms with Crippen molar-refractivity contribution in [3.8, 4) is 0 Å². The first-order valence-corrected chi connectivity index (χ1v) is 11.7. The minimum Gasteiger partial charge on any atom is -0.289 e. The largest absolute Gasteiger partial charge is 0.289 e. The van der Waals surface area contributed by atoms with Gasteiger partial charge in [0.25, 0.3) is 0 Å². The van der Waals surface area contributed by atoms with Crippen LogP contribution in [0.1, 0.15) is 31.8 Å². The Morgan fingerprint density at radius 3 is 1.41 bits per heavy atom. The fourth-order valence-corrected chi connectivity index (χ4v) is 4.82. The Kier molecular flexibility index (Phi) is 5.50. The molecule has 1 aliphatic carbocycles. The predicted octanol–water partition coefficient (Wildman–Crippen LogP) is 7.98. The quantitative estimate of drug-likeness (QED) is 0.182. The van der Waals surface area contributed by atoms with Crippen LogP contribution in [-0.4, -0.2) is 11.6 Å². The SMILES string of the molecule is Brc1ccc2cc3ccccc3cc2c1Br.O=C1c2ccccc2C(=O)c2ccccc21. The molecule has 5 aromatic rings. The van der Waals surface area contributed by atoms with Gasteiger partial charge in [0.2, 0.25) is 0 Å². The number of carbonyl (C=O) groups excluding carboxylic acids is 2. The number of fused-ring (bicyclic) bond motifs is 4. The van der Waals surface area contributed by atoms with Crippen molar-refractivity contribution in [2.75, 3.05) is 0 Å². The maximum absolute atomic E-state index is 12.1. The summed E-state index contributed by atoms with van der Waals surface area (Å²) in [6, 6.07) is 31.0. The molecule has 6 rings (SSSR count). The van der Waals surface area contributed by atoms with E-state index >= 15 is 0 Å². The summed E-state index contributed by atoms with van der Waals surface area (Å²) in [4.78, 5) is 24.2. The van der Waals surface area contributed by atoms with E-state index in [4.69, 9.17) is 0 Å². The van der Waals surface area contributed by atoms with E-state index < -0.39 is 0 Å². The number of halogens is 2. The van der Waals surface area contributed by atoms with Gasteiger partial charge in [0.05, 0.1) is 0 Å². The third-order valence-corrected chi connectivity index (χ3v) is 7.65. The fourth-order valence-electron chi connectivity index (χ4n) is 4.00. The van der Waals surface area contributed by atoms with Gasteiger partial charge in [-0.2, -0.15) is 0 Å². The molecule has 0 aliphatic heterocycles. The number of hydrogen-bond acceptors (Lipinski definition) is 2. The Morgan fingerprint density at radius 2 is 0.906 bits per heavy atom. The summed E-state index contributed by atoms with van der Waals surface area (Å²) in [5, 5.41) is 5.06. The standard InChI is InChI=1S/C14H8Br2.C14H8O2/c15-13-6-5-11-7-9-3-1-2-4-10(9)8-12(11)14(13)16;15-13-9-5-1-2-6-10(9)14(16)12-8-4-3-7-11(12)13/h2*1-8H. The summed E-state index contributed by atoms with van der Waals surface area (Å²) in [5.41, 5.74) is 2.02. The van der Waals surface area contributed by atoms with Crippen molar-refractivity contribution in [1.29, 1.82) is 0 Å². The van der Waals surface area contributed by atoms with Crippen molar-refractivity contribution in [3.63, 3.8) is 0 Å². The van der Waals surface area contributed by atoms with Gasteiger partial charge in [-0.25, -0.2) is 0 Å². The fraction of sp³-hybridized carbons (Fsp3) is 0. The Bertz CT molecular complexity index is 1430. The highest BCUT2D eigenvalue weighted by atomic mass is 79.9. The van der Waals surface area contributed by atoms with E-state index in [2.05, 4.69) is 80.4 Å². The monoisotopic (exact) mass is 542 g/mol. The van der Waals surface area contributed by atoms with E-state index in [1.807, 2.05) is 0 Å². The summed E-state index contributed by atoms with van der Waals surface area (Å²) in [5.74, 6) is -0.128. The van der Waals surface area contributed by atoms with Crippen LogP contribution in [0.25, 0.3) is 21.5 Å². The maximum Gasteiger partial charge on any atom is 0.194 e. The highest BCUT2D eigenvalue weighted by Crippen LogP contribution is 2.33. The third-order valence-electron chi connectivity index (χ3n) is 5.61. The second-order valence-corrected chi connectivity index (χ2v) is 9.18. The van der Waals surface area contributed by atoms with Crippen LogP contribution >= 0.6 is 31.9 Å². The molecule has 32 heavy (non-hydrogen) atoms. The zero-order chi connectivity index (χ0) is 22.2. The molecule has 0 saturated carbocycles. The summed E-state index contributed by atoms with van der Waals surface area (Å²) < 4.78 is 2.21. The van der Waals surface area contributed by atoms with Crippen molar-refractivity contribution in [2.24, 2.45) is 0 Å². The molecule has 5 aromatic carbocycles. The molecule has 1 aliphatic rings. The summed E-state index contributed by atoms with van der Waals surface area (Å²) in [7, 11) is 0. The molecule has 2 nitrogen and oxygen atoms in total. The minimum absolute atomic E-state index is 0.0641. The highest BCUT2D eigenvalue weighted by molar-refractivity contribution is 9.13. The lowest BCUT2D eigenvalue weighted by molar-refractivity contribution is 0.0979. The van der Waals surface area contributed by atoms with Gasteiger partial charge < -0.3 is 0 Å². The van der Waals surface area contributed by atoms with Crippen LogP contribution in [-0.2, 0) is 0 Å². The molecular formula is C28H16Br2O2. The van der Waals surface area contributed by atoms with Gasteiger partial charge in [-0.3, -0.25) is 9.59 Å². The third kappa shape index (κ3) is 3.60. The van der Waals surface area contributed by atoms with Crippen LogP contribution in [0.3, 0.4) is 0 Å². The molecule has 0 unspecified atom stereocenters. The van der Waals surface area contributed by atoms with Crippen LogP contribution in [0.4, 0.5) is 0 Å². The topological polar surface area (TPSA) is 34.1 Å². The van der Waals surface area contributed by atoms with Crippen LogP contribution in [0, 0.1) is 0 Å². The van der Waals surface area contributed by atoms with Crippen molar-refractivity contribution in [2.45, 2.75) is 0 Å². The zero-order valence-corrected chi connectivity index (χ0v) is 20.0. The Morgan fingerprint density at radius 1 is 0.469 bits per heavy atom. The first-order chi connectivity index (χ1) is 15.5. The van der Waals surface area contributed by atoms with Gasteiger partial charge in [0.15, 0.2) is 11.6 Å². The van der Waals surface area contributed by atoms with E-state index in [0.717, 1.165) is 8.95 Å². The van der Waals surface area contributed by atoms with Gasteiger partial charge in [-0.05, 0) is 71.6 Å². The molecule has 154 valence electrons. The predicted molar refractivity (Wildman–Crippen MR) is 137 cm³/mol. The van der Waals surface area contributed by atoms with Crippen LogP contribution in [0.2, 0.25) is 0 Å². The smallest absolute Gasteiger partial charge is 0.194 e. The lowest BCUT2D eigenvalue weighted by Crippen LogP contribution is -2.20. The molecular weight excluding hydrogens is 528 g/mol. The van der Waals surface area contributed by atoms with Crippen LogP contribution < -0.4 is 0 Å². The molecule has 0 aromatic heterocycles. The molecule has 4 heteroatoms. The molecule has 0 atom stereocenters. The van der Waals surface area contributed by atoms with Gasteiger partial charge in [0, 0.05) is 31.2 Å². The summed E-state index contributed by atoms with van der Waals surface area (Å²) in [6.45, 7) is 0. The molecule has 0 spiro atoms. The number of rotatable bonds is 0. The zero-order valence-electron chi connectivity index (χ0n) is 16.8.